The van der Waals surface area contributed by atoms with Crippen LogP contribution in [-0.4, -0.2) is 11.5 Å². The number of hydrogen-bond acceptors (Lipinski definition) is 3. The van der Waals surface area contributed by atoms with E-state index in [1.54, 1.807) is 23.6 Å². The second kappa shape index (κ2) is 5.89. The lowest BCUT2D eigenvalue weighted by Crippen LogP contribution is -2.23. The summed E-state index contributed by atoms with van der Waals surface area (Å²) < 4.78 is 13.7. The third kappa shape index (κ3) is 3.11. The van der Waals surface area contributed by atoms with E-state index in [0.29, 0.717) is 5.56 Å². The molecule has 0 amide bonds. The number of nitrogens with one attached hydrogen (secondary N) is 1. The zero-order valence-corrected chi connectivity index (χ0v) is 10.5. The van der Waals surface area contributed by atoms with E-state index in [0.717, 1.165) is 13.0 Å². The highest BCUT2D eigenvalue weighted by Gasteiger charge is 2.15. The third-order valence-electron chi connectivity index (χ3n) is 2.62. The SMILES string of the molecule is CCNC(Cc1cccs1)c1ccncc1F. The summed E-state index contributed by atoms with van der Waals surface area (Å²) in [6.45, 7) is 2.85. The van der Waals surface area contributed by atoms with Gasteiger partial charge in [0.15, 0.2) is 0 Å². The number of thiophene rings is 1. The fourth-order valence-electron chi connectivity index (χ4n) is 1.84. The largest absolute Gasteiger partial charge is 0.310 e. The Kier molecular flexibility index (Phi) is 4.23. The fourth-order valence-corrected chi connectivity index (χ4v) is 2.59. The first-order valence-electron chi connectivity index (χ1n) is 5.66. The van der Waals surface area contributed by atoms with Gasteiger partial charge in [0.05, 0.1) is 6.20 Å². The molecule has 1 unspecified atom stereocenters. The zero-order valence-electron chi connectivity index (χ0n) is 9.69. The van der Waals surface area contributed by atoms with Crippen molar-refractivity contribution in [3.8, 4) is 0 Å². The second-order valence-electron chi connectivity index (χ2n) is 3.79. The van der Waals surface area contributed by atoms with Crippen LogP contribution in [0.3, 0.4) is 0 Å². The van der Waals surface area contributed by atoms with Crippen molar-refractivity contribution < 1.29 is 4.39 Å². The fraction of sp³-hybridized carbons (Fsp3) is 0.308. The number of nitrogens with zero attached hydrogens (tertiary/aromatic N) is 1. The summed E-state index contributed by atoms with van der Waals surface area (Å²) in [5, 5.41) is 5.36. The molecule has 90 valence electrons. The topological polar surface area (TPSA) is 24.9 Å². The number of aromatic nitrogens is 1. The molecule has 0 saturated heterocycles. The summed E-state index contributed by atoms with van der Waals surface area (Å²) in [6, 6.07) is 5.86. The van der Waals surface area contributed by atoms with Gasteiger partial charge >= 0.3 is 0 Å². The molecule has 0 fully saturated rings. The monoisotopic (exact) mass is 250 g/mol. The minimum atomic E-state index is -0.241. The molecule has 2 aromatic heterocycles. The van der Waals surface area contributed by atoms with Gasteiger partial charge in [0, 0.05) is 29.1 Å². The molecule has 0 spiro atoms. The van der Waals surface area contributed by atoms with Gasteiger partial charge in [-0.1, -0.05) is 13.0 Å². The molecule has 0 aliphatic heterocycles. The van der Waals surface area contributed by atoms with Gasteiger partial charge in [0.1, 0.15) is 5.82 Å². The molecule has 1 atom stereocenters. The van der Waals surface area contributed by atoms with Gasteiger partial charge in [-0.15, -0.1) is 11.3 Å². The number of pyridine rings is 1. The first-order valence-corrected chi connectivity index (χ1v) is 6.54. The van der Waals surface area contributed by atoms with Crippen LogP contribution in [0.2, 0.25) is 0 Å². The van der Waals surface area contributed by atoms with Crippen LogP contribution in [-0.2, 0) is 6.42 Å². The quantitative estimate of drug-likeness (QED) is 0.881. The Morgan fingerprint density at radius 3 is 3.00 bits per heavy atom. The van der Waals surface area contributed by atoms with E-state index in [2.05, 4.69) is 16.4 Å². The van der Waals surface area contributed by atoms with Gasteiger partial charge in [0.2, 0.25) is 0 Å². The van der Waals surface area contributed by atoms with E-state index in [9.17, 15) is 4.39 Å². The highest BCUT2D eigenvalue weighted by molar-refractivity contribution is 7.09. The average Bonchev–Trinajstić information content (AvgIpc) is 2.82. The molecule has 2 heterocycles. The van der Waals surface area contributed by atoms with Crippen molar-refractivity contribution in [2.45, 2.75) is 19.4 Å². The van der Waals surface area contributed by atoms with Crippen molar-refractivity contribution >= 4 is 11.3 Å². The number of rotatable bonds is 5. The highest BCUT2D eigenvalue weighted by Crippen LogP contribution is 2.22. The van der Waals surface area contributed by atoms with E-state index in [4.69, 9.17) is 0 Å². The average molecular weight is 250 g/mol. The molecule has 0 bridgehead atoms. The molecule has 2 nitrogen and oxygen atoms in total. The number of likely N-dealkylation sites (N-methyl/N-ethyl adjacent to an activating group) is 1. The van der Waals surface area contributed by atoms with Crippen molar-refractivity contribution in [1.82, 2.24) is 10.3 Å². The molecule has 0 aliphatic carbocycles. The Bertz CT molecular complexity index is 456. The van der Waals surface area contributed by atoms with E-state index in [1.165, 1.54) is 11.1 Å². The number of hydrogen-bond donors (Lipinski definition) is 1. The summed E-state index contributed by atoms with van der Waals surface area (Å²) in [5.74, 6) is -0.241. The van der Waals surface area contributed by atoms with Crippen molar-refractivity contribution in [2.24, 2.45) is 0 Å². The molecule has 4 heteroatoms. The normalized spacial score (nSPS) is 12.6. The van der Waals surface area contributed by atoms with Crippen LogP contribution < -0.4 is 5.32 Å². The van der Waals surface area contributed by atoms with Gasteiger partial charge in [-0.25, -0.2) is 4.39 Å². The summed E-state index contributed by atoms with van der Waals surface area (Å²) >= 11 is 1.70. The predicted octanol–water partition coefficient (Wildman–Crippen LogP) is 3.18. The standard InChI is InChI=1S/C13H15FN2S/c1-2-16-13(8-10-4-3-7-17-10)11-5-6-15-9-12(11)14/h3-7,9,13,16H,2,8H2,1H3. The summed E-state index contributed by atoms with van der Waals surface area (Å²) in [5.41, 5.74) is 0.690. The Labute approximate surface area is 105 Å². The molecular weight excluding hydrogens is 235 g/mol. The van der Waals surface area contributed by atoms with Gasteiger partial charge in [-0.05, 0) is 24.1 Å². The molecule has 0 saturated carbocycles. The molecule has 0 aliphatic rings. The van der Waals surface area contributed by atoms with E-state index in [-0.39, 0.29) is 11.9 Å². The second-order valence-corrected chi connectivity index (χ2v) is 4.82. The lowest BCUT2D eigenvalue weighted by Gasteiger charge is -2.17. The Morgan fingerprint density at radius 1 is 1.47 bits per heavy atom. The minimum Gasteiger partial charge on any atom is -0.310 e. The van der Waals surface area contributed by atoms with Crippen LogP contribution in [0.5, 0.6) is 0 Å². The summed E-state index contributed by atoms with van der Waals surface area (Å²) in [6.07, 6.45) is 3.72. The van der Waals surface area contributed by atoms with Crippen LogP contribution in [0, 0.1) is 5.82 Å². The Balaban J connectivity index is 2.20. The molecule has 0 radical (unpaired) electrons. The lowest BCUT2D eigenvalue weighted by atomic mass is 10.0. The number of halogens is 1. The first kappa shape index (κ1) is 12.2. The first-order chi connectivity index (χ1) is 8.31. The maximum atomic E-state index is 13.7. The van der Waals surface area contributed by atoms with Crippen molar-refractivity contribution in [3.63, 3.8) is 0 Å². The van der Waals surface area contributed by atoms with E-state index >= 15 is 0 Å². The molecular formula is C13H15FN2S. The molecule has 1 N–H and O–H groups in total. The molecule has 17 heavy (non-hydrogen) atoms. The van der Waals surface area contributed by atoms with Crippen LogP contribution in [0.1, 0.15) is 23.4 Å². The predicted molar refractivity (Wildman–Crippen MR) is 68.6 cm³/mol. The summed E-state index contributed by atoms with van der Waals surface area (Å²) in [4.78, 5) is 5.04. The zero-order chi connectivity index (χ0) is 12.1. The maximum absolute atomic E-state index is 13.7. The Morgan fingerprint density at radius 2 is 2.35 bits per heavy atom. The van der Waals surface area contributed by atoms with E-state index < -0.39 is 0 Å². The van der Waals surface area contributed by atoms with Crippen LogP contribution in [0.15, 0.2) is 36.0 Å². The Hall–Kier alpha value is -1.26. The van der Waals surface area contributed by atoms with Gasteiger partial charge < -0.3 is 5.32 Å². The summed E-state index contributed by atoms with van der Waals surface area (Å²) in [7, 11) is 0. The van der Waals surface area contributed by atoms with Gasteiger partial charge in [-0.3, -0.25) is 4.98 Å². The molecule has 2 rings (SSSR count). The lowest BCUT2D eigenvalue weighted by molar-refractivity contribution is 0.509. The van der Waals surface area contributed by atoms with Gasteiger partial charge in [-0.2, -0.15) is 0 Å². The van der Waals surface area contributed by atoms with Crippen LogP contribution in [0.25, 0.3) is 0 Å². The van der Waals surface area contributed by atoms with E-state index in [1.807, 2.05) is 18.4 Å². The molecule has 2 aromatic rings. The van der Waals surface area contributed by atoms with Crippen LogP contribution >= 0.6 is 11.3 Å². The van der Waals surface area contributed by atoms with Crippen LogP contribution in [0.4, 0.5) is 4.39 Å². The molecule has 0 aromatic carbocycles. The highest BCUT2D eigenvalue weighted by atomic mass is 32.1. The minimum absolute atomic E-state index is 0.0154. The van der Waals surface area contributed by atoms with Crippen molar-refractivity contribution in [1.29, 1.82) is 0 Å². The van der Waals surface area contributed by atoms with Crippen molar-refractivity contribution in [3.05, 3.63) is 52.2 Å². The maximum Gasteiger partial charge on any atom is 0.146 e. The third-order valence-corrected chi connectivity index (χ3v) is 3.51. The van der Waals surface area contributed by atoms with Crippen molar-refractivity contribution in [2.75, 3.05) is 6.54 Å². The smallest absolute Gasteiger partial charge is 0.146 e. The van der Waals surface area contributed by atoms with Gasteiger partial charge in [0.25, 0.3) is 0 Å².